The van der Waals surface area contributed by atoms with Gasteiger partial charge in [-0.3, -0.25) is 9.59 Å². The number of fused-ring (bicyclic) bond motifs is 1. The molecule has 0 bridgehead atoms. The van der Waals surface area contributed by atoms with Crippen molar-refractivity contribution in [2.45, 2.75) is 26.9 Å². The number of halogens is 2. The quantitative estimate of drug-likeness (QED) is 0.437. The maximum Gasteiger partial charge on any atom is 0.277 e. The molecule has 1 amide bonds. The van der Waals surface area contributed by atoms with Crippen molar-refractivity contribution in [2.75, 3.05) is 5.32 Å². The molecular weight excluding hydrogens is 449 g/mol. The van der Waals surface area contributed by atoms with Gasteiger partial charge in [0.2, 0.25) is 0 Å². The zero-order chi connectivity index (χ0) is 22.8. The number of carbonyl (C=O) groups is 1. The summed E-state index contributed by atoms with van der Waals surface area (Å²) in [6, 6.07) is 13.9. The number of hydrogen-bond donors (Lipinski definition) is 1. The molecule has 0 saturated heterocycles. The molecule has 7 nitrogen and oxygen atoms in total. The number of benzene rings is 2. The smallest absolute Gasteiger partial charge is 0.277 e. The molecule has 4 rings (SSSR count). The normalized spacial score (nSPS) is 11.3. The van der Waals surface area contributed by atoms with Gasteiger partial charge in [-0.2, -0.15) is 10.2 Å². The van der Waals surface area contributed by atoms with E-state index < -0.39 is 5.91 Å². The molecule has 0 fully saturated rings. The maximum absolute atomic E-state index is 13.2. The molecule has 0 unspecified atom stereocenters. The van der Waals surface area contributed by atoms with Crippen LogP contribution in [0.25, 0.3) is 10.8 Å². The molecule has 32 heavy (non-hydrogen) atoms. The summed E-state index contributed by atoms with van der Waals surface area (Å²) < 4.78 is 2.98. The van der Waals surface area contributed by atoms with Crippen LogP contribution in [0.1, 0.15) is 29.9 Å². The van der Waals surface area contributed by atoms with Crippen LogP contribution in [0.4, 0.5) is 5.82 Å². The van der Waals surface area contributed by atoms with Crippen molar-refractivity contribution in [1.82, 2.24) is 19.6 Å². The summed E-state index contributed by atoms with van der Waals surface area (Å²) in [6.07, 6.45) is 1.59. The van der Waals surface area contributed by atoms with Crippen molar-refractivity contribution in [1.29, 1.82) is 0 Å². The third-order valence-electron chi connectivity index (χ3n) is 4.91. The largest absolute Gasteiger partial charge is 0.305 e. The van der Waals surface area contributed by atoms with Crippen LogP contribution >= 0.6 is 23.2 Å². The Morgan fingerprint density at radius 2 is 1.81 bits per heavy atom. The van der Waals surface area contributed by atoms with E-state index in [0.717, 1.165) is 5.56 Å². The summed E-state index contributed by atoms with van der Waals surface area (Å²) in [4.78, 5) is 26.0. The SMILES string of the molecule is CC(C)Cn1nc(C(=O)Nc2ccnn2Cc2ccc(Cl)cc2Cl)c2ccccc2c1=O. The molecule has 0 radical (unpaired) electrons. The Morgan fingerprint density at radius 1 is 1.06 bits per heavy atom. The summed E-state index contributed by atoms with van der Waals surface area (Å²) in [5.74, 6) is 0.249. The third-order valence-corrected chi connectivity index (χ3v) is 5.50. The number of carbonyl (C=O) groups excluding carboxylic acids is 1. The van der Waals surface area contributed by atoms with Gasteiger partial charge in [0, 0.05) is 28.0 Å². The van der Waals surface area contributed by atoms with Crippen molar-refractivity contribution in [3.63, 3.8) is 0 Å². The lowest BCUT2D eigenvalue weighted by atomic mass is 10.1. The van der Waals surface area contributed by atoms with Crippen molar-refractivity contribution >= 4 is 45.7 Å². The molecule has 0 aliphatic heterocycles. The van der Waals surface area contributed by atoms with E-state index in [0.29, 0.717) is 39.7 Å². The van der Waals surface area contributed by atoms with E-state index in [-0.39, 0.29) is 17.2 Å². The highest BCUT2D eigenvalue weighted by Crippen LogP contribution is 2.23. The summed E-state index contributed by atoms with van der Waals surface area (Å²) in [5, 5.41) is 13.6. The molecule has 0 saturated carbocycles. The first-order valence-corrected chi connectivity index (χ1v) is 10.9. The van der Waals surface area contributed by atoms with E-state index in [1.54, 1.807) is 53.3 Å². The van der Waals surface area contributed by atoms with E-state index in [2.05, 4.69) is 15.5 Å². The lowest BCUT2D eigenvalue weighted by Gasteiger charge is -2.13. The third kappa shape index (κ3) is 4.54. The first-order valence-electron chi connectivity index (χ1n) is 10.1. The van der Waals surface area contributed by atoms with Gasteiger partial charge in [-0.15, -0.1) is 0 Å². The second-order valence-corrected chi connectivity index (χ2v) is 8.68. The van der Waals surface area contributed by atoms with Crippen LogP contribution in [0.15, 0.2) is 59.5 Å². The maximum atomic E-state index is 13.2. The summed E-state index contributed by atoms with van der Waals surface area (Å²) in [7, 11) is 0. The average molecular weight is 470 g/mol. The fourth-order valence-electron chi connectivity index (χ4n) is 3.42. The van der Waals surface area contributed by atoms with Gasteiger partial charge in [0.15, 0.2) is 5.69 Å². The van der Waals surface area contributed by atoms with Gasteiger partial charge >= 0.3 is 0 Å². The average Bonchev–Trinajstić information content (AvgIpc) is 3.18. The molecular formula is C23H21Cl2N5O2. The van der Waals surface area contributed by atoms with Gasteiger partial charge < -0.3 is 5.32 Å². The Kier molecular flexibility index (Phi) is 6.30. The van der Waals surface area contributed by atoms with E-state index in [9.17, 15) is 9.59 Å². The lowest BCUT2D eigenvalue weighted by molar-refractivity contribution is 0.102. The second-order valence-electron chi connectivity index (χ2n) is 7.84. The van der Waals surface area contributed by atoms with Gasteiger partial charge in [0.05, 0.1) is 18.1 Å². The highest BCUT2D eigenvalue weighted by atomic mass is 35.5. The van der Waals surface area contributed by atoms with Crippen LogP contribution in [0.2, 0.25) is 10.0 Å². The predicted molar refractivity (Wildman–Crippen MR) is 127 cm³/mol. The predicted octanol–water partition coefficient (Wildman–Crippen LogP) is 4.86. The van der Waals surface area contributed by atoms with Gasteiger partial charge in [-0.1, -0.05) is 61.3 Å². The number of rotatable bonds is 6. The highest BCUT2D eigenvalue weighted by molar-refractivity contribution is 6.35. The number of hydrogen-bond acceptors (Lipinski definition) is 4. The molecule has 0 aliphatic carbocycles. The van der Waals surface area contributed by atoms with Crippen LogP contribution in [0, 0.1) is 5.92 Å². The number of amides is 1. The number of nitrogens with zero attached hydrogens (tertiary/aromatic N) is 4. The van der Waals surface area contributed by atoms with Gasteiger partial charge in [0.25, 0.3) is 11.5 Å². The fraction of sp³-hybridized carbons (Fsp3) is 0.217. The van der Waals surface area contributed by atoms with E-state index >= 15 is 0 Å². The topological polar surface area (TPSA) is 81.8 Å². The molecule has 2 aromatic carbocycles. The van der Waals surface area contributed by atoms with E-state index in [1.165, 1.54) is 4.68 Å². The number of anilines is 1. The van der Waals surface area contributed by atoms with E-state index in [1.807, 2.05) is 19.9 Å². The standard InChI is InChI=1S/C23H21Cl2N5O2/c1-14(2)12-30-23(32)18-6-4-3-5-17(18)21(28-30)22(31)27-20-9-10-26-29(20)13-15-7-8-16(24)11-19(15)25/h3-11,14H,12-13H2,1-2H3,(H,27,31). The molecule has 0 spiro atoms. The van der Waals surface area contributed by atoms with Crippen molar-refractivity contribution < 1.29 is 4.79 Å². The van der Waals surface area contributed by atoms with Crippen LogP contribution in [0.3, 0.4) is 0 Å². The Morgan fingerprint density at radius 3 is 2.53 bits per heavy atom. The number of aromatic nitrogens is 4. The molecule has 1 N–H and O–H groups in total. The molecule has 2 aromatic heterocycles. The van der Waals surface area contributed by atoms with Gasteiger partial charge in [-0.25, -0.2) is 9.36 Å². The molecule has 0 aliphatic rings. The van der Waals surface area contributed by atoms with Gasteiger partial charge in [0.1, 0.15) is 5.82 Å². The monoisotopic (exact) mass is 469 g/mol. The van der Waals surface area contributed by atoms with Crippen LogP contribution in [0.5, 0.6) is 0 Å². The van der Waals surface area contributed by atoms with Crippen molar-refractivity contribution in [3.05, 3.63) is 86.4 Å². The number of nitrogens with one attached hydrogen (secondary N) is 1. The zero-order valence-corrected chi connectivity index (χ0v) is 19.1. The van der Waals surface area contributed by atoms with Crippen molar-refractivity contribution in [2.24, 2.45) is 5.92 Å². The second kappa shape index (κ2) is 9.14. The fourth-order valence-corrected chi connectivity index (χ4v) is 3.89. The Labute approximate surface area is 194 Å². The minimum Gasteiger partial charge on any atom is -0.305 e. The summed E-state index contributed by atoms with van der Waals surface area (Å²) in [6.45, 7) is 4.74. The first-order chi connectivity index (χ1) is 15.3. The van der Waals surface area contributed by atoms with Crippen LogP contribution < -0.4 is 10.9 Å². The zero-order valence-electron chi connectivity index (χ0n) is 17.5. The molecule has 0 atom stereocenters. The Balaban J connectivity index is 1.68. The Bertz CT molecular complexity index is 1360. The van der Waals surface area contributed by atoms with Crippen LogP contribution in [-0.2, 0) is 13.1 Å². The molecule has 2 heterocycles. The summed E-state index contributed by atoms with van der Waals surface area (Å²) >= 11 is 12.3. The van der Waals surface area contributed by atoms with Gasteiger partial charge in [-0.05, 0) is 29.7 Å². The minimum absolute atomic E-state index is 0.179. The first kappa shape index (κ1) is 22.0. The minimum atomic E-state index is -0.428. The van der Waals surface area contributed by atoms with Crippen LogP contribution in [-0.4, -0.2) is 25.5 Å². The molecule has 9 heteroatoms. The molecule has 4 aromatic rings. The molecule has 164 valence electrons. The van der Waals surface area contributed by atoms with E-state index in [4.69, 9.17) is 23.2 Å². The Hall–Kier alpha value is -3.16. The lowest BCUT2D eigenvalue weighted by Crippen LogP contribution is -2.29. The van der Waals surface area contributed by atoms with Crippen molar-refractivity contribution in [3.8, 4) is 0 Å². The highest BCUT2D eigenvalue weighted by Gasteiger charge is 2.19. The summed E-state index contributed by atoms with van der Waals surface area (Å²) in [5.41, 5.74) is 0.774.